The molecular formula is C29H24BrNO4. The summed E-state index contributed by atoms with van der Waals surface area (Å²) in [5.74, 6) is -2.05. The summed E-state index contributed by atoms with van der Waals surface area (Å²) in [6.45, 7) is 4.24. The summed E-state index contributed by atoms with van der Waals surface area (Å²) in [5, 5.41) is 0. The molecule has 0 saturated carbocycles. The Hall–Kier alpha value is -3.25. The van der Waals surface area contributed by atoms with Crippen LogP contribution in [0.25, 0.3) is 0 Å². The number of imide groups is 1. The Balaban J connectivity index is 1.45. The smallest absolute Gasteiger partial charge is 0.338 e. The van der Waals surface area contributed by atoms with Crippen molar-refractivity contribution in [1.29, 1.82) is 0 Å². The summed E-state index contributed by atoms with van der Waals surface area (Å²) >= 11 is 4.00. The van der Waals surface area contributed by atoms with E-state index in [1.807, 2.05) is 38.1 Å². The van der Waals surface area contributed by atoms with Crippen molar-refractivity contribution in [1.82, 2.24) is 0 Å². The molecular weight excluding hydrogens is 506 g/mol. The van der Waals surface area contributed by atoms with Gasteiger partial charge in [0.1, 0.15) is 0 Å². The molecule has 0 radical (unpaired) electrons. The van der Waals surface area contributed by atoms with Crippen molar-refractivity contribution in [3.8, 4) is 0 Å². The van der Waals surface area contributed by atoms with Crippen LogP contribution in [-0.4, -0.2) is 24.4 Å². The van der Waals surface area contributed by atoms with Gasteiger partial charge >= 0.3 is 5.97 Å². The Morgan fingerprint density at radius 2 is 1.57 bits per heavy atom. The average molecular weight is 530 g/mol. The highest BCUT2D eigenvalue weighted by Crippen LogP contribution is 2.66. The molecule has 7 rings (SSSR count). The van der Waals surface area contributed by atoms with Gasteiger partial charge in [0.15, 0.2) is 0 Å². The number of ether oxygens (including phenoxy) is 1. The van der Waals surface area contributed by atoms with E-state index in [9.17, 15) is 14.4 Å². The van der Waals surface area contributed by atoms with Gasteiger partial charge in [-0.05, 0) is 46.4 Å². The molecule has 35 heavy (non-hydrogen) atoms. The third kappa shape index (κ3) is 3.02. The molecule has 176 valence electrons. The van der Waals surface area contributed by atoms with Gasteiger partial charge in [-0.25, -0.2) is 9.69 Å². The predicted octanol–water partition coefficient (Wildman–Crippen LogP) is 5.40. The minimum Gasteiger partial charge on any atom is -0.462 e. The summed E-state index contributed by atoms with van der Waals surface area (Å²) in [6.07, 6.45) is 0. The standard InChI is InChI=1S/C29H24BrNO4/c1-16(2)15-35-28(34)17-8-7-9-18(14-17)31-26(32)24-23-19-10-3-5-12-21(19)29(30,25(24)27(31)33)22-13-6-4-11-20(22)23/h3-14,16,23-25H,15H2,1-2H3. The van der Waals surface area contributed by atoms with Crippen molar-refractivity contribution < 1.29 is 19.1 Å². The first-order valence-corrected chi connectivity index (χ1v) is 12.7. The van der Waals surface area contributed by atoms with E-state index in [1.54, 1.807) is 24.3 Å². The maximum Gasteiger partial charge on any atom is 0.338 e. The number of nitrogens with zero attached hydrogens (tertiary/aromatic N) is 1. The molecule has 2 unspecified atom stereocenters. The van der Waals surface area contributed by atoms with Gasteiger partial charge in [-0.2, -0.15) is 0 Å². The van der Waals surface area contributed by atoms with Crippen LogP contribution in [0, 0.1) is 17.8 Å². The van der Waals surface area contributed by atoms with Crippen LogP contribution < -0.4 is 4.90 Å². The molecule has 3 aromatic rings. The van der Waals surface area contributed by atoms with Crippen LogP contribution in [-0.2, 0) is 18.7 Å². The molecule has 0 spiro atoms. The second-order valence-corrected chi connectivity index (χ2v) is 11.2. The second kappa shape index (κ2) is 7.89. The van der Waals surface area contributed by atoms with Crippen LogP contribution in [0.4, 0.5) is 5.69 Å². The molecule has 2 bridgehead atoms. The van der Waals surface area contributed by atoms with E-state index in [1.165, 1.54) is 4.90 Å². The Kier molecular flexibility index (Phi) is 5.01. The van der Waals surface area contributed by atoms with Gasteiger partial charge in [0.05, 0.1) is 34.0 Å². The number of rotatable bonds is 4. The molecule has 1 heterocycles. The van der Waals surface area contributed by atoms with E-state index < -0.39 is 22.1 Å². The quantitative estimate of drug-likeness (QED) is 0.258. The lowest BCUT2D eigenvalue weighted by atomic mass is 9.55. The lowest BCUT2D eigenvalue weighted by Crippen LogP contribution is -2.50. The number of hydrogen-bond donors (Lipinski definition) is 0. The zero-order valence-electron chi connectivity index (χ0n) is 19.4. The van der Waals surface area contributed by atoms with E-state index in [4.69, 9.17) is 4.74 Å². The number of carbonyl (C=O) groups is 3. The van der Waals surface area contributed by atoms with Gasteiger partial charge in [0.25, 0.3) is 0 Å². The van der Waals surface area contributed by atoms with E-state index in [-0.39, 0.29) is 23.7 Å². The van der Waals surface area contributed by atoms with Crippen molar-refractivity contribution >= 4 is 39.4 Å². The van der Waals surface area contributed by atoms with Crippen molar-refractivity contribution in [2.24, 2.45) is 17.8 Å². The van der Waals surface area contributed by atoms with E-state index in [0.29, 0.717) is 17.9 Å². The average Bonchev–Trinajstić information content (AvgIpc) is 3.14. The normalized spacial score (nSPS) is 25.9. The highest BCUT2D eigenvalue weighted by atomic mass is 79.9. The van der Waals surface area contributed by atoms with Crippen molar-refractivity contribution in [2.45, 2.75) is 24.1 Å². The van der Waals surface area contributed by atoms with Crippen LogP contribution >= 0.6 is 15.9 Å². The largest absolute Gasteiger partial charge is 0.462 e. The van der Waals surface area contributed by atoms with Gasteiger partial charge in [0, 0.05) is 5.92 Å². The Morgan fingerprint density at radius 1 is 0.943 bits per heavy atom. The van der Waals surface area contributed by atoms with Gasteiger partial charge in [-0.1, -0.05) is 84.4 Å². The lowest BCUT2D eigenvalue weighted by molar-refractivity contribution is -0.122. The Labute approximate surface area is 212 Å². The van der Waals surface area contributed by atoms with Crippen LogP contribution in [0.15, 0.2) is 72.8 Å². The minimum atomic E-state index is -0.797. The Bertz CT molecular complexity index is 1350. The molecule has 0 aromatic heterocycles. The van der Waals surface area contributed by atoms with Crippen LogP contribution in [0.1, 0.15) is 52.4 Å². The zero-order valence-corrected chi connectivity index (χ0v) is 21.0. The highest BCUT2D eigenvalue weighted by molar-refractivity contribution is 9.09. The monoisotopic (exact) mass is 529 g/mol. The molecule has 5 nitrogen and oxygen atoms in total. The number of amides is 2. The van der Waals surface area contributed by atoms with Gasteiger partial charge in [-0.15, -0.1) is 0 Å². The first kappa shape index (κ1) is 22.2. The van der Waals surface area contributed by atoms with Crippen LogP contribution in [0.3, 0.4) is 0 Å². The van der Waals surface area contributed by atoms with Gasteiger partial charge in [0.2, 0.25) is 11.8 Å². The zero-order chi connectivity index (χ0) is 24.5. The summed E-state index contributed by atoms with van der Waals surface area (Å²) in [5.41, 5.74) is 4.97. The fraction of sp³-hybridized carbons (Fsp3) is 0.276. The molecule has 0 N–H and O–H groups in total. The van der Waals surface area contributed by atoms with Crippen molar-refractivity contribution in [3.05, 3.63) is 101 Å². The molecule has 1 saturated heterocycles. The van der Waals surface area contributed by atoms with Crippen LogP contribution in [0.5, 0.6) is 0 Å². The van der Waals surface area contributed by atoms with Crippen molar-refractivity contribution in [2.75, 3.05) is 11.5 Å². The maximum absolute atomic E-state index is 14.0. The molecule has 1 fully saturated rings. The molecule has 6 heteroatoms. The topological polar surface area (TPSA) is 63.7 Å². The number of halogens is 1. The summed E-state index contributed by atoms with van der Waals surface area (Å²) in [4.78, 5) is 41.8. The first-order chi connectivity index (χ1) is 16.8. The number of anilines is 1. The number of hydrogen-bond acceptors (Lipinski definition) is 4. The summed E-state index contributed by atoms with van der Waals surface area (Å²) in [6, 6.07) is 22.8. The molecule has 3 aliphatic carbocycles. The molecule has 2 atom stereocenters. The Morgan fingerprint density at radius 3 is 2.20 bits per heavy atom. The number of alkyl halides is 1. The fourth-order valence-corrected chi connectivity index (χ4v) is 7.23. The van der Waals surface area contributed by atoms with E-state index >= 15 is 0 Å². The number of benzene rings is 3. The fourth-order valence-electron chi connectivity index (χ4n) is 6.03. The van der Waals surface area contributed by atoms with Crippen molar-refractivity contribution in [3.63, 3.8) is 0 Å². The third-order valence-corrected chi connectivity index (χ3v) is 8.75. The molecule has 3 aromatic carbocycles. The van der Waals surface area contributed by atoms with E-state index in [2.05, 4.69) is 40.2 Å². The van der Waals surface area contributed by atoms with Gasteiger partial charge in [-0.3, -0.25) is 9.59 Å². The SMILES string of the molecule is CC(C)COC(=O)c1cccc(N2C(=O)C3C4c5ccccc5C(Br)(c5ccccc54)C3C2=O)c1. The summed E-state index contributed by atoms with van der Waals surface area (Å²) in [7, 11) is 0. The van der Waals surface area contributed by atoms with Gasteiger partial charge < -0.3 is 4.74 Å². The molecule has 4 aliphatic rings. The number of carbonyl (C=O) groups excluding carboxylic acids is 3. The minimum absolute atomic E-state index is 0.201. The van der Waals surface area contributed by atoms with E-state index in [0.717, 1.165) is 22.3 Å². The maximum atomic E-state index is 14.0. The third-order valence-electron chi connectivity index (χ3n) is 7.40. The number of esters is 1. The second-order valence-electron chi connectivity index (χ2n) is 9.92. The first-order valence-electron chi connectivity index (χ1n) is 11.9. The lowest BCUT2D eigenvalue weighted by Gasteiger charge is -2.51. The molecule has 1 aliphatic heterocycles. The summed E-state index contributed by atoms with van der Waals surface area (Å²) < 4.78 is 4.57. The predicted molar refractivity (Wildman–Crippen MR) is 135 cm³/mol. The molecule has 2 amide bonds. The van der Waals surface area contributed by atoms with Crippen LogP contribution in [0.2, 0.25) is 0 Å². The highest BCUT2D eigenvalue weighted by Gasteiger charge is 2.67.